The van der Waals surface area contributed by atoms with E-state index in [9.17, 15) is 9.90 Å². The zero-order valence-electron chi connectivity index (χ0n) is 9.95. The van der Waals surface area contributed by atoms with Crippen molar-refractivity contribution >= 4 is 5.91 Å². The minimum absolute atomic E-state index is 0.0603. The van der Waals surface area contributed by atoms with Crippen LogP contribution in [0.25, 0.3) is 0 Å². The Hall–Kier alpha value is -0.570. The fraction of sp³-hybridized carbons (Fsp3) is 0.923. The van der Waals surface area contributed by atoms with Crippen LogP contribution >= 0.6 is 0 Å². The predicted octanol–water partition coefficient (Wildman–Crippen LogP) is 1.84. The first-order chi connectivity index (χ1) is 7.75. The highest BCUT2D eigenvalue weighted by Gasteiger charge is 2.26. The third-order valence-corrected chi connectivity index (χ3v) is 4.04. The summed E-state index contributed by atoms with van der Waals surface area (Å²) in [4.78, 5) is 11.5. The number of aliphatic hydroxyl groups is 1. The minimum atomic E-state index is -0.267. The summed E-state index contributed by atoms with van der Waals surface area (Å²) in [5, 5.41) is 12.9. The van der Waals surface area contributed by atoms with Gasteiger partial charge < -0.3 is 10.4 Å². The van der Waals surface area contributed by atoms with Crippen molar-refractivity contribution in [3.63, 3.8) is 0 Å². The lowest BCUT2D eigenvalue weighted by Gasteiger charge is -2.25. The summed E-state index contributed by atoms with van der Waals surface area (Å²) in [6.45, 7) is 0.814. The van der Waals surface area contributed by atoms with Crippen molar-refractivity contribution < 1.29 is 9.90 Å². The highest BCUT2D eigenvalue weighted by molar-refractivity contribution is 5.79. The van der Waals surface area contributed by atoms with Gasteiger partial charge >= 0.3 is 0 Å². The van der Waals surface area contributed by atoms with Gasteiger partial charge in [0, 0.05) is 12.5 Å². The van der Waals surface area contributed by atoms with E-state index in [1.807, 2.05) is 0 Å². The molecular weight excluding hydrogens is 202 g/mol. The van der Waals surface area contributed by atoms with E-state index >= 15 is 0 Å². The molecule has 0 aromatic rings. The maximum atomic E-state index is 11.5. The molecule has 1 amide bonds. The van der Waals surface area contributed by atoms with Crippen LogP contribution in [0.15, 0.2) is 0 Å². The number of nitrogens with one attached hydrogen (secondary N) is 1. The van der Waals surface area contributed by atoms with Crippen LogP contribution in [0, 0.1) is 11.8 Å². The molecule has 2 unspecified atom stereocenters. The number of amides is 1. The zero-order chi connectivity index (χ0) is 11.4. The van der Waals surface area contributed by atoms with Crippen LogP contribution < -0.4 is 5.32 Å². The first kappa shape index (κ1) is 11.9. The average molecular weight is 225 g/mol. The van der Waals surface area contributed by atoms with Crippen LogP contribution in [-0.4, -0.2) is 23.7 Å². The number of aliphatic hydroxyl groups excluding tert-OH is 1. The Labute approximate surface area is 97.6 Å². The van der Waals surface area contributed by atoms with Crippen LogP contribution in [0.5, 0.6) is 0 Å². The summed E-state index contributed by atoms with van der Waals surface area (Å²) in [7, 11) is 0. The number of piperidine rings is 1. The van der Waals surface area contributed by atoms with E-state index in [0.717, 1.165) is 25.8 Å². The highest BCUT2D eigenvalue weighted by atomic mass is 16.3. The number of carbonyl (C=O) groups is 1. The number of rotatable bonds is 4. The Kier molecular flexibility index (Phi) is 4.22. The molecule has 2 aliphatic rings. The molecule has 1 aliphatic heterocycles. The van der Waals surface area contributed by atoms with Crippen LogP contribution in [0.1, 0.15) is 51.4 Å². The van der Waals surface area contributed by atoms with Gasteiger partial charge in [-0.05, 0) is 31.6 Å². The Morgan fingerprint density at radius 3 is 2.62 bits per heavy atom. The molecule has 16 heavy (non-hydrogen) atoms. The van der Waals surface area contributed by atoms with Crippen molar-refractivity contribution in [2.75, 3.05) is 6.54 Å². The molecule has 1 saturated carbocycles. The van der Waals surface area contributed by atoms with E-state index in [-0.39, 0.29) is 17.9 Å². The van der Waals surface area contributed by atoms with E-state index in [1.165, 1.54) is 25.7 Å². The first-order valence-corrected chi connectivity index (χ1v) is 6.71. The third-order valence-electron chi connectivity index (χ3n) is 4.04. The van der Waals surface area contributed by atoms with E-state index in [1.54, 1.807) is 0 Å². The lowest BCUT2D eigenvalue weighted by Crippen LogP contribution is -2.38. The Morgan fingerprint density at radius 2 is 1.94 bits per heavy atom. The lowest BCUT2D eigenvalue weighted by atomic mass is 9.89. The largest absolute Gasteiger partial charge is 0.393 e. The zero-order valence-corrected chi connectivity index (χ0v) is 9.95. The van der Waals surface area contributed by atoms with Crippen molar-refractivity contribution in [2.24, 2.45) is 11.8 Å². The summed E-state index contributed by atoms with van der Waals surface area (Å²) in [6.07, 6.45) is 8.51. The number of hydrogen-bond acceptors (Lipinski definition) is 2. The summed E-state index contributed by atoms with van der Waals surface area (Å²) in [5.74, 6) is 0.920. The van der Waals surface area contributed by atoms with Gasteiger partial charge in [0.25, 0.3) is 0 Å². The van der Waals surface area contributed by atoms with Gasteiger partial charge in [-0.3, -0.25) is 4.79 Å². The third kappa shape index (κ3) is 3.21. The molecule has 3 heteroatoms. The van der Waals surface area contributed by atoms with Crippen molar-refractivity contribution in [2.45, 2.75) is 57.5 Å². The fourth-order valence-corrected chi connectivity index (χ4v) is 3.12. The fourth-order valence-electron chi connectivity index (χ4n) is 3.12. The maximum Gasteiger partial charge on any atom is 0.223 e. The predicted molar refractivity (Wildman–Crippen MR) is 62.9 cm³/mol. The molecular formula is C13H23NO2. The van der Waals surface area contributed by atoms with Crippen molar-refractivity contribution in [1.82, 2.24) is 5.32 Å². The van der Waals surface area contributed by atoms with Gasteiger partial charge in [0.2, 0.25) is 5.91 Å². The van der Waals surface area contributed by atoms with Crippen molar-refractivity contribution in [3.8, 4) is 0 Å². The Bertz CT molecular complexity index is 236. The molecule has 0 spiro atoms. The highest BCUT2D eigenvalue weighted by Crippen LogP contribution is 2.30. The van der Waals surface area contributed by atoms with Gasteiger partial charge in [-0.1, -0.05) is 25.7 Å². The second-order valence-electron chi connectivity index (χ2n) is 5.41. The molecule has 0 aromatic carbocycles. The molecule has 2 fully saturated rings. The molecule has 0 radical (unpaired) electrons. The molecule has 1 aliphatic carbocycles. The number of carbonyl (C=O) groups excluding carboxylic acids is 1. The second kappa shape index (κ2) is 5.67. The molecule has 1 heterocycles. The molecule has 1 saturated heterocycles. The Balaban J connectivity index is 1.72. The van der Waals surface area contributed by atoms with Gasteiger partial charge in [0.1, 0.15) is 0 Å². The van der Waals surface area contributed by atoms with Crippen LogP contribution in [0.3, 0.4) is 0 Å². The van der Waals surface area contributed by atoms with Gasteiger partial charge in [-0.25, -0.2) is 0 Å². The minimum Gasteiger partial charge on any atom is -0.393 e. The molecule has 92 valence electrons. The van der Waals surface area contributed by atoms with E-state index < -0.39 is 0 Å². The molecule has 0 aromatic heterocycles. The van der Waals surface area contributed by atoms with Crippen molar-refractivity contribution in [1.29, 1.82) is 0 Å². The molecule has 0 bridgehead atoms. The maximum absolute atomic E-state index is 11.5. The standard InChI is InChI=1S/C13H23NO2/c15-12(8-10-4-1-2-5-10)9-11-6-3-7-14-13(11)16/h10-12,15H,1-9H2,(H,14,16). The summed E-state index contributed by atoms with van der Waals surface area (Å²) in [5.41, 5.74) is 0. The van der Waals surface area contributed by atoms with E-state index in [4.69, 9.17) is 0 Å². The summed E-state index contributed by atoms with van der Waals surface area (Å²) < 4.78 is 0. The lowest BCUT2D eigenvalue weighted by molar-refractivity contribution is -0.127. The Morgan fingerprint density at radius 1 is 1.19 bits per heavy atom. The molecule has 2 atom stereocenters. The average Bonchev–Trinajstić information content (AvgIpc) is 2.74. The summed E-state index contributed by atoms with van der Waals surface area (Å²) in [6, 6.07) is 0. The van der Waals surface area contributed by atoms with E-state index in [0.29, 0.717) is 12.3 Å². The summed E-state index contributed by atoms with van der Waals surface area (Å²) >= 11 is 0. The van der Waals surface area contributed by atoms with Gasteiger partial charge in [-0.15, -0.1) is 0 Å². The van der Waals surface area contributed by atoms with Crippen LogP contribution in [0.4, 0.5) is 0 Å². The SMILES string of the molecule is O=C1NCCCC1CC(O)CC1CCCC1. The molecule has 3 nitrogen and oxygen atoms in total. The first-order valence-electron chi connectivity index (χ1n) is 6.71. The molecule has 2 rings (SSSR count). The number of hydrogen-bond donors (Lipinski definition) is 2. The smallest absolute Gasteiger partial charge is 0.223 e. The normalized spacial score (nSPS) is 29.1. The quantitative estimate of drug-likeness (QED) is 0.767. The van der Waals surface area contributed by atoms with Gasteiger partial charge in [0.15, 0.2) is 0 Å². The second-order valence-corrected chi connectivity index (χ2v) is 5.41. The van der Waals surface area contributed by atoms with Gasteiger partial charge in [-0.2, -0.15) is 0 Å². The van der Waals surface area contributed by atoms with Crippen LogP contribution in [0.2, 0.25) is 0 Å². The van der Waals surface area contributed by atoms with Crippen molar-refractivity contribution in [3.05, 3.63) is 0 Å². The monoisotopic (exact) mass is 225 g/mol. The topological polar surface area (TPSA) is 49.3 Å². The molecule has 2 N–H and O–H groups in total. The van der Waals surface area contributed by atoms with Gasteiger partial charge in [0.05, 0.1) is 6.10 Å². The van der Waals surface area contributed by atoms with Crippen LogP contribution in [-0.2, 0) is 4.79 Å². The van der Waals surface area contributed by atoms with E-state index in [2.05, 4.69) is 5.32 Å².